The second kappa shape index (κ2) is 6.83. The van der Waals surface area contributed by atoms with Crippen LogP contribution in [0.1, 0.15) is 23.1 Å². The van der Waals surface area contributed by atoms with Crippen molar-refractivity contribution in [3.05, 3.63) is 69.2 Å². The molecule has 0 unspecified atom stereocenters. The molecule has 110 valence electrons. The first-order valence-corrected chi connectivity index (χ1v) is 8.20. The summed E-state index contributed by atoms with van der Waals surface area (Å²) in [6.07, 6.45) is 3.42. The van der Waals surface area contributed by atoms with E-state index in [1.165, 1.54) is 23.1 Å². The Morgan fingerprint density at radius 1 is 0.905 bits per heavy atom. The third-order valence-corrected chi connectivity index (χ3v) is 4.60. The summed E-state index contributed by atoms with van der Waals surface area (Å²) in [4.78, 5) is 2.52. The van der Waals surface area contributed by atoms with Gasteiger partial charge in [-0.2, -0.15) is 0 Å². The van der Waals surface area contributed by atoms with Crippen LogP contribution in [-0.4, -0.2) is 18.0 Å². The second-order valence-electron chi connectivity index (χ2n) is 5.67. The molecule has 1 aliphatic heterocycles. The highest BCUT2D eigenvalue weighted by atomic mass is 35.5. The van der Waals surface area contributed by atoms with Gasteiger partial charge in [0.15, 0.2) is 0 Å². The van der Waals surface area contributed by atoms with Gasteiger partial charge in [0, 0.05) is 23.1 Å². The van der Waals surface area contributed by atoms with E-state index in [4.69, 9.17) is 23.2 Å². The monoisotopic (exact) mass is 319 g/mol. The van der Waals surface area contributed by atoms with Crippen LogP contribution in [0, 0.1) is 0 Å². The lowest BCUT2D eigenvalue weighted by Gasteiger charge is -2.28. The number of halogens is 2. The zero-order valence-corrected chi connectivity index (χ0v) is 13.5. The van der Waals surface area contributed by atoms with E-state index in [0.29, 0.717) is 0 Å². The van der Waals surface area contributed by atoms with Gasteiger partial charge in [0.2, 0.25) is 0 Å². The highest BCUT2D eigenvalue weighted by Gasteiger charge is 2.15. The molecule has 1 aliphatic rings. The summed E-state index contributed by atoms with van der Waals surface area (Å²) in [5.41, 5.74) is 4.20. The van der Waals surface area contributed by atoms with E-state index in [1.54, 1.807) is 0 Å². The standard InChI is InChI=1S/C18H19Cl2N/c19-17-6-3-14(4-7-17)2-1-10-21-11-9-15-5-8-18(20)12-16(15)13-21/h3-8,12H,1-2,9-11,13H2. The van der Waals surface area contributed by atoms with E-state index in [-0.39, 0.29) is 0 Å². The summed E-state index contributed by atoms with van der Waals surface area (Å²) in [5.74, 6) is 0. The van der Waals surface area contributed by atoms with Crippen LogP contribution in [0.25, 0.3) is 0 Å². The first-order valence-electron chi connectivity index (χ1n) is 7.45. The Labute approximate surface area is 136 Å². The molecule has 0 radical (unpaired) electrons. The van der Waals surface area contributed by atoms with Crippen LogP contribution in [-0.2, 0) is 19.4 Å². The molecule has 0 bridgehead atoms. The van der Waals surface area contributed by atoms with Gasteiger partial charge in [-0.1, -0.05) is 41.4 Å². The topological polar surface area (TPSA) is 3.24 Å². The average Bonchev–Trinajstić information content (AvgIpc) is 2.49. The largest absolute Gasteiger partial charge is 0.299 e. The van der Waals surface area contributed by atoms with Crippen molar-refractivity contribution in [1.29, 1.82) is 0 Å². The quantitative estimate of drug-likeness (QED) is 0.767. The zero-order chi connectivity index (χ0) is 14.7. The van der Waals surface area contributed by atoms with Gasteiger partial charge in [0.1, 0.15) is 0 Å². The van der Waals surface area contributed by atoms with E-state index < -0.39 is 0 Å². The van der Waals surface area contributed by atoms with Crippen molar-refractivity contribution < 1.29 is 0 Å². The average molecular weight is 320 g/mol. The van der Waals surface area contributed by atoms with E-state index in [9.17, 15) is 0 Å². The van der Waals surface area contributed by atoms with Crippen molar-refractivity contribution in [2.24, 2.45) is 0 Å². The first-order chi connectivity index (χ1) is 10.2. The SMILES string of the molecule is Clc1ccc(CCCN2CCc3ccc(Cl)cc3C2)cc1. The molecule has 0 spiro atoms. The predicted molar refractivity (Wildman–Crippen MR) is 90.2 cm³/mol. The molecule has 1 nitrogen and oxygen atoms in total. The lowest BCUT2D eigenvalue weighted by molar-refractivity contribution is 0.251. The highest BCUT2D eigenvalue weighted by molar-refractivity contribution is 6.30. The van der Waals surface area contributed by atoms with Gasteiger partial charge in [-0.05, 0) is 66.8 Å². The molecule has 0 saturated carbocycles. The Balaban J connectivity index is 1.52. The van der Waals surface area contributed by atoms with Gasteiger partial charge < -0.3 is 0 Å². The van der Waals surface area contributed by atoms with Crippen molar-refractivity contribution in [2.75, 3.05) is 13.1 Å². The van der Waals surface area contributed by atoms with E-state index >= 15 is 0 Å². The zero-order valence-electron chi connectivity index (χ0n) is 12.0. The molecule has 0 N–H and O–H groups in total. The highest BCUT2D eigenvalue weighted by Crippen LogP contribution is 2.23. The molecule has 3 heteroatoms. The van der Waals surface area contributed by atoms with E-state index in [0.717, 1.165) is 42.5 Å². The lowest BCUT2D eigenvalue weighted by atomic mass is 9.99. The van der Waals surface area contributed by atoms with Crippen LogP contribution in [0.15, 0.2) is 42.5 Å². The molecule has 0 aromatic heterocycles. The second-order valence-corrected chi connectivity index (χ2v) is 6.54. The summed E-state index contributed by atoms with van der Waals surface area (Å²) in [7, 11) is 0. The first kappa shape index (κ1) is 14.9. The van der Waals surface area contributed by atoms with Gasteiger partial charge >= 0.3 is 0 Å². The predicted octanol–water partition coefficient (Wildman–Crippen LogP) is 4.98. The van der Waals surface area contributed by atoms with Crippen LogP contribution >= 0.6 is 23.2 Å². The number of nitrogens with zero attached hydrogens (tertiary/aromatic N) is 1. The Kier molecular flexibility index (Phi) is 4.84. The van der Waals surface area contributed by atoms with Crippen molar-refractivity contribution in [3.8, 4) is 0 Å². The van der Waals surface area contributed by atoms with Crippen molar-refractivity contribution in [1.82, 2.24) is 4.90 Å². The number of hydrogen-bond donors (Lipinski definition) is 0. The Morgan fingerprint density at radius 3 is 2.48 bits per heavy atom. The summed E-state index contributed by atoms with van der Waals surface area (Å²) in [6, 6.07) is 14.5. The number of fused-ring (bicyclic) bond motifs is 1. The molecule has 0 aliphatic carbocycles. The summed E-state index contributed by atoms with van der Waals surface area (Å²) in [6.45, 7) is 3.31. The van der Waals surface area contributed by atoms with Crippen LogP contribution in [0.3, 0.4) is 0 Å². The maximum absolute atomic E-state index is 6.09. The van der Waals surface area contributed by atoms with Crippen LogP contribution in [0.5, 0.6) is 0 Å². The minimum atomic E-state index is 0.809. The Bertz CT molecular complexity index is 607. The minimum absolute atomic E-state index is 0.809. The maximum atomic E-state index is 6.09. The number of rotatable bonds is 4. The third-order valence-electron chi connectivity index (χ3n) is 4.11. The van der Waals surface area contributed by atoms with Gasteiger partial charge in [-0.25, -0.2) is 0 Å². The van der Waals surface area contributed by atoms with Gasteiger partial charge in [0.25, 0.3) is 0 Å². The van der Waals surface area contributed by atoms with Gasteiger partial charge in [0.05, 0.1) is 0 Å². The molecule has 2 aromatic carbocycles. The molecule has 3 rings (SSSR count). The normalized spacial score (nSPS) is 15.0. The fraction of sp³-hybridized carbons (Fsp3) is 0.333. The molecular formula is C18H19Cl2N. The van der Waals surface area contributed by atoms with Crippen molar-refractivity contribution >= 4 is 23.2 Å². The fourth-order valence-electron chi connectivity index (χ4n) is 2.93. The summed E-state index contributed by atoms with van der Waals surface area (Å²) < 4.78 is 0. The molecule has 21 heavy (non-hydrogen) atoms. The fourth-order valence-corrected chi connectivity index (χ4v) is 3.25. The smallest absolute Gasteiger partial charge is 0.0409 e. The van der Waals surface area contributed by atoms with Crippen LogP contribution < -0.4 is 0 Å². The number of hydrogen-bond acceptors (Lipinski definition) is 1. The molecule has 0 saturated heterocycles. The number of aryl methyl sites for hydroxylation is 1. The Morgan fingerprint density at radius 2 is 1.67 bits per heavy atom. The summed E-state index contributed by atoms with van der Waals surface area (Å²) >= 11 is 12.0. The minimum Gasteiger partial charge on any atom is -0.299 e. The summed E-state index contributed by atoms with van der Waals surface area (Å²) in [5, 5.41) is 1.65. The lowest BCUT2D eigenvalue weighted by Crippen LogP contribution is -2.31. The van der Waals surface area contributed by atoms with Crippen LogP contribution in [0.2, 0.25) is 10.0 Å². The molecule has 0 atom stereocenters. The van der Waals surface area contributed by atoms with E-state index in [2.05, 4.69) is 29.2 Å². The van der Waals surface area contributed by atoms with E-state index in [1.807, 2.05) is 18.2 Å². The van der Waals surface area contributed by atoms with Crippen LogP contribution in [0.4, 0.5) is 0 Å². The number of benzene rings is 2. The molecular weight excluding hydrogens is 301 g/mol. The molecule has 0 amide bonds. The molecule has 2 aromatic rings. The van der Waals surface area contributed by atoms with Crippen molar-refractivity contribution in [2.45, 2.75) is 25.8 Å². The molecule has 0 fully saturated rings. The van der Waals surface area contributed by atoms with Gasteiger partial charge in [-0.15, -0.1) is 0 Å². The molecule has 1 heterocycles. The maximum Gasteiger partial charge on any atom is 0.0409 e. The van der Waals surface area contributed by atoms with Gasteiger partial charge in [-0.3, -0.25) is 4.90 Å². The third kappa shape index (κ3) is 4.00. The Hall–Kier alpha value is -1.02. The van der Waals surface area contributed by atoms with Crippen molar-refractivity contribution in [3.63, 3.8) is 0 Å².